The van der Waals surface area contributed by atoms with Crippen molar-refractivity contribution in [3.63, 3.8) is 0 Å². The van der Waals surface area contributed by atoms with E-state index in [4.69, 9.17) is 17.3 Å². The summed E-state index contributed by atoms with van der Waals surface area (Å²) in [5.41, 5.74) is 7.42. The van der Waals surface area contributed by atoms with Crippen molar-refractivity contribution in [3.8, 4) is 6.07 Å². The van der Waals surface area contributed by atoms with E-state index in [0.717, 1.165) is 31.0 Å². The summed E-state index contributed by atoms with van der Waals surface area (Å²) in [5.74, 6) is 0.745. The molecular formula is C15H20ClN3. The summed E-state index contributed by atoms with van der Waals surface area (Å²) in [7, 11) is 0. The van der Waals surface area contributed by atoms with E-state index in [1.807, 2.05) is 12.1 Å². The molecule has 2 atom stereocenters. The topological polar surface area (TPSA) is 53.0 Å². The quantitative estimate of drug-likeness (QED) is 0.923. The van der Waals surface area contributed by atoms with Gasteiger partial charge in [0.2, 0.25) is 0 Å². The Hall–Kier alpha value is -1.24. The lowest BCUT2D eigenvalue weighted by atomic mass is 9.88. The Labute approximate surface area is 120 Å². The van der Waals surface area contributed by atoms with Crippen LogP contribution in [0.3, 0.4) is 0 Å². The van der Waals surface area contributed by atoms with Gasteiger partial charge in [-0.2, -0.15) is 5.26 Å². The molecular weight excluding hydrogens is 258 g/mol. The lowest BCUT2D eigenvalue weighted by Crippen LogP contribution is -2.47. The number of benzene rings is 1. The molecule has 102 valence electrons. The normalized spacial score (nSPS) is 23.2. The van der Waals surface area contributed by atoms with E-state index < -0.39 is 0 Å². The van der Waals surface area contributed by atoms with E-state index in [9.17, 15) is 5.26 Å². The van der Waals surface area contributed by atoms with Crippen LogP contribution in [-0.2, 0) is 0 Å². The standard InChI is InChI=1S/C15H20ClN3/c1-2-11-6-7-19(12(8-11)9-17)15-5-3-4-14(16)13(15)10-18/h3-5,11-12H,2,6-9,17H2,1H3. The van der Waals surface area contributed by atoms with Crippen LogP contribution >= 0.6 is 11.6 Å². The van der Waals surface area contributed by atoms with Gasteiger partial charge < -0.3 is 10.6 Å². The van der Waals surface area contributed by atoms with E-state index in [1.54, 1.807) is 6.07 Å². The number of anilines is 1. The first-order valence-corrected chi connectivity index (χ1v) is 7.24. The third-order valence-corrected chi connectivity index (χ3v) is 4.40. The van der Waals surface area contributed by atoms with E-state index in [2.05, 4.69) is 17.9 Å². The molecule has 1 heterocycles. The largest absolute Gasteiger partial charge is 0.366 e. The van der Waals surface area contributed by atoms with Gasteiger partial charge in [0.15, 0.2) is 0 Å². The Morgan fingerprint density at radius 2 is 2.32 bits per heavy atom. The summed E-state index contributed by atoms with van der Waals surface area (Å²) in [6, 6.07) is 8.16. The molecule has 0 amide bonds. The summed E-state index contributed by atoms with van der Waals surface area (Å²) < 4.78 is 0. The van der Waals surface area contributed by atoms with E-state index in [1.165, 1.54) is 6.42 Å². The second kappa shape index (κ2) is 6.27. The zero-order valence-electron chi connectivity index (χ0n) is 11.3. The van der Waals surface area contributed by atoms with Gasteiger partial charge in [-0.1, -0.05) is 31.0 Å². The Kier molecular flexibility index (Phi) is 4.68. The Bertz CT molecular complexity index is 481. The summed E-state index contributed by atoms with van der Waals surface area (Å²) in [4.78, 5) is 2.26. The maximum Gasteiger partial charge on any atom is 0.103 e. The van der Waals surface area contributed by atoms with Crippen molar-refractivity contribution in [2.24, 2.45) is 11.7 Å². The molecule has 1 aromatic carbocycles. The van der Waals surface area contributed by atoms with Crippen LogP contribution in [0.25, 0.3) is 0 Å². The molecule has 0 aromatic heterocycles. The maximum absolute atomic E-state index is 9.29. The van der Waals surface area contributed by atoms with E-state index in [-0.39, 0.29) is 0 Å². The van der Waals surface area contributed by atoms with Crippen molar-refractivity contribution in [2.45, 2.75) is 32.2 Å². The molecule has 3 nitrogen and oxygen atoms in total. The number of nitriles is 1. The molecule has 0 saturated carbocycles. The number of hydrogen-bond acceptors (Lipinski definition) is 3. The molecule has 2 rings (SSSR count). The molecule has 1 aliphatic heterocycles. The molecule has 1 aromatic rings. The van der Waals surface area contributed by atoms with Gasteiger partial charge in [0.25, 0.3) is 0 Å². The minimum atomic E-state index is 0.310. The van der Waals surface area contributed by atoms with E-state index >= 15 is 0 Å². The molecule has 0 aliphatic carbocycles. The molecule has 19 heavy (non-hydrogen) atoms. The van der Waals surface area contributed by atoms with Crippen LogP contribution in [0.1, 0.15) is 31.7 Å². The molecule has 2 unspecified atom stereocenters. The molecule has 1 fully saturated rings. The predicted molar refractivity (Wildman–Crippen MR) is 79.4 cm³/mol. The monoisotopic (exact) mass is 277 g/mol. The average Bonchev–Trinajstić information content (AvgIpc) is 2.46. The second-order valence-electron chi connectivity index (χ2n) is 5.13. The number of piperidine rings is 1. The van der Waals surface area contributed by atoms with Gasteiger partial charge >= 0.3 is 0 Å². The van der Waals surface area contributed by atoms with Crippen LogP contribution in [0, 0.1) is 17.2 Å². The molecule has 0 bridgehead atoms. The summed E-state index contributed by atoms with van der Waals surface area (Å²) in [5, 5.41) is 9.82. The van der Waals surface area contributed by atoms with Gasteiger partial charge in [-0.15, -0.1) is 0 Å². The molecule has 2 N–H and O–H groups in total. The van der Waals surface area contributed by atoms with Crippen molar-refractivity contribution >= 4 is 17.3 Å². The Balaban J connectivity index is 2.31. The van der Waals surface area contributed by atoms with Crippen molar-refractivity contribution in [1.82, 2.24) is 0 Å². The SMILES string of the molecule is CCC1CCN(c2cccc(Cl)c2C#N)C(CN)C1. The smallest absolute Gasteiger partial charge is 0.103 e. The highest BCUT2D eigenvalue weighted by atomic mass is 35.5. The third-order valence-electron chi connectivity index (χ3n) is 4.09. The Morgan fingerprint density at radius 3 is 2.95 bits per heavy atom. The highest BCUT2D eigenvalue weighted by Gasteiger charge is 2.28. The second-order valence-corrected chi connectivity index (χ2v) is 5.53. The van der Waals surface area contributed by atoms with Crippen LogP contribution in [0.5, 0.6) is 0 Å². The molecule has 0 spiro atoms. The lowest BCUT2D eigenvalue weighted by Gasteiger charge is -2.40. The van der Waals surface area contributed by atoms with Crippen molar-refractivity contribution in [3.05, 3.63) is 28.8 Å². The van der Waals surface area contributed by atoms with Crippen LogP contribution < -0.4 is 10.6 Å². The van der Waals surface area contributed by atoms with Gasteiger partial charge in [-0.3, -0.25) is 0 Å². The maximum atomic E-state index is 9.29. The van der Waals surface area contributed by atoms with E-state index in [0.29, 0.717) is 23.2 Å². The summed E-state index contributed by atoms with van der Waals surface area (Å²) in [6.45, 7) is 3.80. The predicted octanol–water partition coefficient (Wildman–Crippen LogP) is 3.17. The average molecular weight is 278 g/mol. The zero-order chi connectivity index (χ0) is 13.8. The fourth-order valence-electron chi connectivity index (χ4n) is 2.91. The first-order chi connectivity index (χ1) is 9.21. The molecule has 1 aliphatic rings. The van der Waals surface area contributed by atoms with Gasteiger partial charge in [0, 0.05) is 19.1 Å². The molecule has 4 heteroatoms. The lowest BCUT2D eigenvalue weighted by molar-refractivity contribution is 0.336. The van der Waals surface area contributed by atoms with Gasteiger partial charge in [0.05, 0.1) is 16.3 Å². The molecule has 0 radical (unpaired) electrons. The number of halogens is 1. The van der Waals surface area contributed by atoms with Gasteiger partial charge in [-0.25, -0.2) is 0 Å². The highest BCUT2D eigenvalue weighted by Crippen LogP contribution is 2.33. The van der Waals surface area contributed by atoms with Crippen LogP contribution in [0.2, 0.25) is 5.02 Å². The van der Waals surface area contributed by atoms with Gasteiger partial charge in [0.1, 0.15) is 6.07 Å². The van der Waals surface area contributed by atoms with Crippen LogP contribution in [-0.4, -0.2) is 19.1 Å². The van der Waals surface area contributed by atoms with Crippen molar-refractivity contribution in [1.29, 1.82) is 5.26 Å². The zero-order valence-corrected chi connectivity index (χ0v) is 12.0. The van der Waals surface area contributed by atoms with Gasteiger partial charge in [-0.05, 0) is 30.9 Å². The fourth-order valence-corrected chi connectivity index (χ4v) is 3.12. The highest BCUT2D eigenvalue weighted by molar-refractivity contribution is 6.32. The van der Waals surface area contributed by atoms with Crippen LogP contribution in [0.15, 0.2) is 18.2 Å². The first kappa shape index (κ1) is 14.2. The number of hydrogen-bond donors (Lipinski definition) is 1. The Morgan fingerprint density at radius 1 is 1.53 bits per heavy atom. The van der Waals surface area contributed by atoms with Crippen LogP contribution in [0.4, 0.5) is 5.69 Å². The number of nitrogens with two attached hydrogens (primary N) is 1. The first-order valence-electron chi connectivity index (χ1n) is 6.86. The van der Waals surface area contributed by atoms with Crippen molar-refractivity contribution < 1.29 is 0 Å². The minimum absolute atomic E-state index is 0.310. The summed E-state index contributed by atoms with van der Waals surface area (Å²) in [6.07, 6.45) is 3.46. The number of nitrogens with zero attached hydrogens (tertiary/aromatic N) is 2. The fraction of sp³-hybridized carbons (Fsp3) is 0.533. The molecule has 1 saturated heterocycles. The summed E-state index contributed by atoms with van der Waals surface area (Å²) >= 11 is 6.12. The van der Waals surface area contributed by atoms with Crippen molar-refractivity contribution in [2.75, 3.05) is 18.0 Å². The third kappa shape index (κ3) is 2.86. The minimum Gasteiger partial charge on any atom is -0.366 e. The number of rotatable bonds is 3.